The topological polar surface area (TPSA) is 95.7 Å². The van der Waals surface area contributed by atoms with Crippen molar-refractivity contribution in [2.24, 2.45) is 0 Å². The van der Waals surface area contributed by atoms with Crippen molar-refractivity contribution >= 4 is 5.91 Å². The number of hydrogen-bond acceptors (Lipinski definition) is 7. The lowest BCUT2D eigenvalue weighted by atomic mass is 10.2. The zero-order valence-electron chi connectivity index (χ0n) is 18.8. The van der Waals surface area contributed by atoms with Crippen molar-refractivity contribution in [2.45, 2.75) is 44.8 Å². The lowest BCUT2D eigenvalue weighted by Crippen LogP contribution is -2.22. The summed E-state index contributed by atoms with van der Waals surface area (Å²) in [6.07, 6.45) is 3.80. The molecule has 1 saturated heterocycles. The Balaban J connectivity index is 1.19. The van der Waals surface area contributed by atoms with Gasteiger partial charge in [0.25, 0.3) is 0 Å². The van der Waals surface area contributed by atoms with E-state index in [9.17, 15) is 4.79 Å². The fourth-order valence-corrected chi connectivity index (χ4v) is 3.64. The Hall–Kier alpha value is -3.39. The van der Waals surface area contributed by atoms with Crippen LogP contribution < -0.4 is 14.8 Å². The first-order valence-electron chi connectivity index (χ1n) is 11.3. The number of aromatic nitrogens is 2. The third-order valence-corrected chi connectivity index (χ3v) is 5.45. The van der Waals surface area contributed by atoms with Crippen LogP contribution in [0.3, 0.4) is 0 Å². The number of carbonyl (C=O) groups excluding carboxylic acids is 1. The zero-order chi connectivity index (χ0) is 22.9. The lowest BCUT2D eigenvalue weighted by Gasteiger charge is -2.15. The molecule has 8 heteroatoms. The van der Waals surface area contributed by atoms with Crippen molar-refractivity contribution in [1.82, 2.24) is 15.5 Å². The third kappa shape index (κ3) is 6.55. The number of nitrogens with zero attached hydrogens (tertiary/aromatic N) is 2. The second-order valence-corrected chi connectivity index (χ2v) is 7.93. The van der Waals surface area contributed by atoms with Crippen LogP contribution in [0.25, 0.3) is 11.5 Å². The summed E-state index contributed by atoms with van der Waals surface area (Å²) in [6.45, 7) is 1.73. The number of benzene rings is 2. The SMILES string of the molecule is COc1cc(CNC(=O)CCCc2nnc(-c3ccccc3)o2)ccc1OCC1CCCO1. The molecule has 0 radical (unpaired) electrons. The second-order valence-electron chi connectivity index (χ2n) is 7.93. The monoisotopic (exact) mass is 451 g/mol. The average Bonchev–Trinajstić information content (AvgIpc) is 3.55. The number of aryl methyl sites for hydroxylation is 1. The van der Waals surface area contributed by atoms with Gasteiger partial charge in [0.1, 0.15) is 6.61 Å². The van der Waals surface area contributed by atoms with Crippen LogP contribution in [0, 0.1) is 0 Å². The van der Waals surface area contributed by atoms with Crippen LogP contribution in [0.2, 0.25) is 0 Å². The molecule has 174 valence electrons. The van der Waals surface area contributed by atoms with Gasteiger partial charge < -0.3 is 23.9 Å². The maximum Gasteiger partial charge on any atom is 0.247 e. The molecule has 0 saturated carbocycles. The molecule has 0 aliphatic carbocycles. The zero-order valence-corrected chi connectivity index (χ0v) is 18.8. The minimum absolute atomic E-state index is 0.0320. The number of hydrogen-bond donors (Lipinski definition) is 1. The van der Waals surface area contributed by atoms with Gasteiger partial charge in [-0.3, -0.25) is 4.79 Å². The van der Waals surface area contributed by atoms with Gasteiger partial charge in [-0.2, -0.15) is 0 Å². The summed E-state index contributed by atoms with van der Waals surface area (Å²) in [6, 6.07) is 15.3. The predicted octanol–water partition coefficient (Wildman–Crippen LogP) is 3.94. The number of rotatable bonds is 11. The van der Waals surface area contributed by atoms with Crippen molar-refractivity contribution in [3.8, 4) is 23.0 Å². The highest BCUT2D eigenvalue weighted by Gasteiger charge is 2.17. The molecule has 1 fully saturated rings. The van der Waals surface area contributed by atoms with Gasteiger partial charge in [-0.1, -0.05) is 24.3 Å². The molecule has 33 heavy (non-hydrogen) atoms. The van der Waals surface area contributed by atoms with Gasteiger partial charge in [0.05, 0.1) is 13.2 Å². The summed E-state index contributed by atoms with van der Waals surface area (Å²) in [5, 5.41) is 11.1. The average molecular weight is 452 g/mol. The minimum Gasteiger partial charge on any atom is -0.493 e. The number of carbonyl (C=O) groups is 1. The molecule has 1 amide bonds. The molecule has 0 bridgehead atoms. The Morgan fingerprint density at radius 1 is 1.15 bits per heavy atom. The predicted molar refractivity (Wildman–Crippen MR) is 122 cm³/mol. The first-order valence-corrected chi connectivity index (χ1v) is 11.3. The Morgan fingerprint density at radius 3 is 2.82 bits per heavy atom. The van der Waals surface area contributed by atoms with Crippen molar-refractivity contribution < 1.29 is 23.4 Å². The highest BCUT2D eigenvalue weighted by atomic mass is 16.5. The summed E-state index contributed by atoms with van der Waals surface area (Å²) in [7, 11) is 1.61. The Labute approximate surface area is 193 Å². The summed E-state index contributed by atoms with van der Waals surface area (Å²) in [5.41, 5.74) is 1.82. The normalized spacial score (nSPS) is 15.4. The summed E-state index contributed by atoms with van der Waals surface area (Å²) in [4.78, 5) is 12.3. The van der Waals surface area contributed by atoms with Crippen LogP contribution in [0.1, 0.15) is 37.1 Å². The molecule has 3 aromatic rings. The fourth-order valence-electron chi connectivity index (χ4n) is 3.64. The molecule has 0 spiro atoms. The highest BCUT2D eigenvalue weighted by Crippen LogP contribution is 2.29. The van der Waals surface area contributed by atoms with E-state index in [1.165, 1.54) is 0 Å². The molecule has 1 aliphatic rings. The van der Waals surface area contributed by atoms with Crippen LogP contribution >= 0.6 is 0 Å². The molecule has 8 nitrogen and oxygen atoms in total. The van der Waals surface area contributed by atoms with Crippen LogP contribution in [0.5, 0.6) is 11.5 Å². The quantitative estimate of drug-likeness (QED) is 0.472. The largest absolute Gasteiger partial charge is 0.493 e. The molecule has 4 rings (SSSR count). The number of nitrogens with one attached hydrogen (secondary N) is 1. The fraction of sp³-hybridized carbons (Fsp3) is 0.400. The molecule has 1 aliphatic heterocycles. The first kappa shape index (κ1) is 22.8. The van der Waals surface area contributed by atoms with E-state index >= 15 is 0 Å². The van der Waals surface area contributed by atoms with Crippen molar-refractivity contribution in [3.63, 3.8) is 0 Å². The van der Waals surface area contributed by atoms with E-state index in [4.69, 9.17) is 18.6 Å². The third-order valence-electron chi connectivity index (χ3n) is 5.45. The van der Waals surface area contributed by atoms with Crippen molar-refractivity contribution in [2.75, 3.05) is 20.3 Å². The van der Waals surface area contributed by atoms with Crippen LogP contribution in [-0.4, -0.2) is 42.5 Å². The van der Waals surface area contributed by atoms with Gasteiger partial charge in [0.2, 0.25) is 17.7 Å². The molecular formula is C25H29N3O5. The Morgan fingerprint density at radius 2 is 2.03 bits per heavy atom. The number of ether oxygens (including phenoxy) is 3. The lowest BCUT2D eigenvalue weighted by molar-refractivity contribution is -0.121. The number of methoxy groups -OCH3 is 1. The van der Waals surface area contributed by atoms with Crippen LogP contribution in [0.15, 0.2) is 52.9 Å². The van der Waals surface area contributed by atoms with Gasteiger partial charge in [-0.25, -0.2) is 0 Å². The molecular weight excluding hydrogens is 422 g/mol. The summed E-state index contributed by atoms with van der Waals surface area (Å²) in [5.74, 6) is 2.32. The van der Waals surface area contributed by atoms with Gasteiger partial charge >= 0.3 is 0 Å². The van der Waals surface area contributed by atoms with E-state index in [0.717, 1.165) is 30.6 Å². The Bertz CT molecular complexity index is 1030. The van der Waals surface area contributed by atoms with E-state index in [-0.39, 0.29) is 12.0 Å². The molecule has 1 unspecified atom stereocenters. The summed E-state index contributed by atoms with van der Waals surface area (Å²) < 4.78 is 22.6. The second kappa shape index (κ2) is 11.5. The van der Waals surface area contributed by atoms with Gasteiger partial charge in [-0.05, 0) is 49.1 Å². The van der Waals surface area contributed by atoms with E-state index in [1.807, 2.05) is 48.5 Å². The van der Waals surface area contributed by atoms with E-state index < -0.39 is 0 Å². The van der Waals surface area contributed by atoms with Crippen LogP contribution in [-0.2, 0) is 22.5 Å². The van der Waals surface area contributed by atoms with Gasteiger partial charge in [-0.15, -0.1) is 10.2 Å². The van der Waals surface area contributed by atoms with Gasteiger partial charge in [0.15, 0.2) is 11.5 Å². The van der Waals surface area contributed by atoms with Crippen molar-refractivity contribution in [1.29, 1.82) is 0 Å². The maximum absolute atomic E-state index is 12.3. The van der Waals surface area contributed by atoms with E-state index in [2.05, 4.69) is 15.5 Å². The molecule has 2 heterocycles. The molecule has 1 N–H and O–H groups in total. The van der Waals surface area contributed by atoms with Gasteiger partial charge in [0, 0.05) is 31.6 Å². The first-order chi connectivity index (χ1) is 16.2. The van der Waals surface area contributed by atoms with E-state index in [0.29, 0.717) is 55.7 Å². The highest BCUT2D eigenvalue weighted by molar-refractivity contribution is 5.75. The van der Waals surface area contributed by atoms with E-state index in [1.54, 1.807) is 7.11 Å². The molecule has 2 aromatic carbocycles. The number of amides is 1. The molecule has 1 atom stereocenters. The maximum atomic E-state index is 12.3. The summed E-state index contributed by atoms with van der Waals surface area (Å²) >= 11 is 0. The smallest absolute Gasteiger partial charge is 0.247 e. The minimum atomic E-state index is -0.0320. The van der Waals surface area contributed by atoms with Crippen molar-refractivity contribution in [3.05, 3.63) is 60.0 Å². The van der Waals surface area contributed by atoms with Crippen LogP contribution in [0.4, 0.5) is 0 Å². The Kier molecular flexibility index (Phi) is 7.92. The standard InChI is InChI=1S/C25H29N3O5/c1-30-22-15-18(12-13-21(22)32-17-20-9-6-14-31-20)16-26-23(29)10-5-11-24-27-28-25(33-24)19-7-3-2-4-8-19/h2-4,7-8,12-13,15,20H,5-6,9-11,14,16-17H2,1H3,(H,26,29). The molecule has 1 aromatic heterocycles.